The molecule has 4 heterocycles. The lowest BCUT2D eigenvalue weighted by Crippen LogP contribution is -2.66. The monoisotopic (exact) mass is 572 g/mol. The highest BCUT2D eigenvalue weighted by atomic mass is 35.5. The Morgan fingerprint density at radius 2 is 1.82 bits per heavy atom. The molecule has 0 radical (unpaired) electrons. The molecule has 7 nitrogen and oxygen atoms in total. The molecule has 2 aromatic heterocycles. The molecule has 1 aliphatic carbocycles. The number of benzene rings is 1. The van der Waals surface area contributed by atoms with Crippen molar-refractivity contribution >= 4 is 34.4 Å². The highest BCUT2D eigenvalue weighted by Gasteiger charge is 2.51. The molecule has 1 aromatic carbocycles. The van der Waals surface area contributed by atoms with Crippen molar-refractivity contribution in [2.75, 3.05) is 31.2 Å². The van der Waals surface area contributed by atoms with E-state index in [0.717, 1.165) is 22.9 Å². The van der Waals surface area contributed by atoms with Crippen LogP contribution in [0.3, 0.4) is 0 Å². The standard InChI is InChI=1S/C25H19ClF6N4O3/c26-15-3-12(27)4-16(28)18(15)36-6-14(23(38)33-20(11-1-2-11)25(30,31)32)19(37)13-5-17(29)22(34-21(13)36)35-7-24(8-35)9-39-10-24/h3-6,11,20H,1-2,7-10H2,(H,33,38). The van der Waals surface area contributed by atoms with Crippen molar-refractivity contribution in [2.45, 2.75) is 25.1 Å². The number of fused-ring (bicyclic) bond motifs is 1. The summed E-state index contributed by atoms with van der Waals surface area (Å²) in [7, 11) is 0. The minimum atomic E-state index is -4.78. The number of hydrogen-bond donors (Lipinski definition) is 1. The molecule has 1 N–H and O–H groups in total. The van der Waals surface area contributed by atoms with Gasteiger partial charge in [0, 0.05) is 25.4 Å². The van der Waals surface area contributed by atoms with Crippen LogP contribution < -0.4 is 15.6 Å². The number of carbonyl (C=O) groups is 1. The van der Waals surface area contributed by atoms with Gasteiger partial charge < -0.3 is 15.0 Å². The lowest BCUT2D eigenvalue weighted by molar-refractivity contribution is -0.158. The fourth-order valence-electron chi connectivity index (χ4n) is 5.14. The average Bonchev–Trinajstić information content (AvgIpc) is 3.61. The molecule has 206 valence electrons. The van der Waals surface area contributed by atoms with Gasteiger partial charge in [-0.3, -0.25) is 14.2 Å². The van der Waals surface area contributed by atoms with E-state index < -0.39 is 68.6 Å². The van der Waals surface area contributed by atoms with Crippen LogP contribution in [0.5, 0.6) is 0 Å². The van der Waals surface area contributed by atoms with Gasteiger partial charge in [0.05, 0.1) is 29.0 Å². The first-order valence-corrected chi connectivity index (χ1v) is 12.4. The Hall–Kier alpha value is -3.32. The summed E-state index contributed by atoms with van der Waals surface area (Å²) >= 11 is 6.12. The third kappa shape index (κ3) is 4.41. The van der Waals surface area contributed by atoms with Crippen LogP contribution in [0, 0.1) is 28.8 Å². The van der Waals surface area contributed by atoms with Gasteiger partial charge in [-0.15, -0.1) is 0 Å². The van der Waals surface area contributed by atoms with Gasteiger partial charge in [0.2, 0.25) is 5.43 Å². The minimum Gasteiger partial charge on any atom is -0.380 e. The number of nitrogens with zero attached hydrogens (tertiary/aromatic N) is 3. The molecular weight excluding hydrogens is 554 g/mol. The van der Waals surface area contributed by atoms with Crippen molar-refractivity contribution in [3.63, 3.8) is 0 Å². The highest BCUT2D eigenvalue weighted by molar-refractivity contribution is 6.32. The van der Waals surface area contributed by atoms with Gasteiger partial charge in [-0.05, 0) is 30.9 Å². The zero-order valence-electron chi connectivity index (χ0n) is 19.9. The first kappa shape index (κ1) is 25.9. The van der Waals surface area contributed by atoms with E-state index in [0.29, 0.717) is 32.4 Å². The Kier molecular flexibility index (Phi) is 5.88. The number of carbonyl (C=O) groups excluding carboxylic acids is 1. The molecule has 3 aromatic rings. The van der Waals surface area contributed by atoms with Gasteiger partial charge in [-0.1, -0.05) is 11.6 Å². The molecule has 1 amide bonds. The van der Waals surface area contributed by atoms with Gasteiger partial charge in [0.25, 0.3) is 5.91 Å². The van der Waals surface area contributed by atoms with Crippen molar-refractivity contribution in [2.24, 2.45) is 11.3 Å². The van der Waals surface area contributed by atoms with E-state index in [1.165, 1.54) is 0 Å². The van der Waals surface area contributed by atoms with E-state index in [9.17, 15) is 27.2 Å². The first-order chi connectivity index (χ1) is 18.4. The number of nitrogens with one attached hydrogen (secondary N) is 1. The molecule has 3 fully saturated rings. The van der Waals surface area contributed by atoms with Crippen molar-refractivity contribution in [3.8, 4) is 5.69 Å². The number of aromatic nitrogens is 2. The van der Waals surface area contributed by atoms with E-state index in [4.69, 9.17) is 16.3 Å². The average molecular weight is 573 g/mol. The number of halogens is 7. The molecule has 1 saturated carbocycles. The highest BCUT2D eigenvalue weighted by Crippen LogP contribution is 2.42. The number of rotatable bonds is 5. The van der Waals surface area contributed by atoms with Crippen LogP contribution in [-0.4, -0.2) is 54.0 Å². The van der Waals surface area contributed by atoms with Crippen molar-refractivity contribution in [1.82, 2.24) is 14.9 Å². The van der Waals surface area contributed by atoms with Crippen molar-refractivity contribution in [3.05, 3.63) is 62.7 Å². The summed E-state index contributed by atoms with van der Waals surface area (Å²) in [6, 6.07) is -0.132. The molecule has 1 spiro atoms. The Morgan fingerprint density at radius 1 is 1.13 bits per heavy atom. The molecule has 0 bridgehead atoms. The molecule has 14 heteroatoms. The van der Waals surface area contributed by atoms with Gasteiger partial charge in [0.1, 0.15) is 23.1 Å². The Morgan fingerprint density at radius 3 is 2.38 bits per heavy atom. The predicted octanol–water partition coefficient (Wildman–Crippen LogP) is 4.36. The first-order valence-electron chi connectivity index (χ1n) is 12.0. The lowest BCUT2D eigenvalue weighted by atomic mass is 9.78. The van der Waals surface area contributed by atoms with Crippen LogP contribution in [0.15, 0.2) is 29.2 Å². The van der Waals surface area contributed by atoms with Crippen LogP contribution >= 0.6 is 11.6 Å². The minimum absolute atomic E-state index is 0.131. The van der Waals surface area contributed by atoms with Crippen LogP contribution in [-0.2, 0) is 4.74 Å². The Bertz CT molecular complexity index is 1550. The number of amides is 1. The third-order valence-corrected chi connectivity index (χ3v) is 7.57. The topological polar surface area (TPSA) is 76.5 Å². The van der Waals surface area contributed by atoms with Crippen LogP contribution in [0.25, 0.3) is 16.7 Å². The van der Waals surface area contributed by atoms with Gasteiger partial charge in [0.15, 0.2) is 23.1 Å². The van der Waals surface area contributed by atoms with Crippen LogP contribution in [0.1, 0.15) is 23.2 Å². The maximum absolute atomic E-state index is 15.2. The van der Waals surface area contributed by atoms with Gasteiger partial charge >= 0.3 is 6.18 Å². The van der Waals surface area contributed by atoms with Crippen LogP contribution in [0.4, 0.5) is 32.2 Å². The second kappa shape index (κ2) is 8.85. The molecular formula is C25H19ClF6N4O3. The molecule has 2 saturated heterocycles. The quantitative estimate of drug-likeness (QED) is 0.460. The van der Waals surface area contributed by atoms with E-state index in [1.807, 2.05) is 5.32 Å². The number of anilines is 1. The fourth-order valence-corrected chi connectivity index (χ4v) is 5.42. The summed E-state index contributed by atoms with van der Waals surface area (Å²) in [5.41, 5.74) is -2.90. The lowest BCUT2D eigenvalue weighted by Gasteiger charge is -2.55. The molecule has 39 heavy (non-hydrogen) atoms. The smallest absolute Gasteiger partial charge is 0.380 e. The summed E-state index contributed by atoms with van der Waals surface area (Å²) in [5.74, 6) is -5.53. The van der Waals surface area contributed by atoms with Crippen molar-refractivity contribution < 1.29 is 35.9 Å². The van der Waals surface area contributed by atoms with E-state index in [1.54, 1.807) is 4.90 Å². The summed E-state index contributed by atoms with van der Waals surface area (Å²) < 4.78 is 90.8. The van der Waals surface area contributed by atoms with Gasteiger partial charge in [-0.25, -0.2) is 18.2 Å². The second-order valence-electron chi connectivity index (χ2n) is 10.3. The van der Waals surface area contributed by atoms with E-state index >= 15 is 8.78 Å². The maximum Gasteiger partial charge on any atom is 0.408 e. The van der Waals surface area contributed by atoms with E-state index in [2.05, 4.69) is 4.98 Å². The number of alkyl halides is 3. The summed E-state index contributed by atoms with van der Waals surface area (Å²) in [5, 5.41) is 0.870. The molecule has 1 atom stereocenters. The number of pyridine rings is 2. The normalized spacial score (nSPS) is 19.1. The number of ether oxygens (including phenoxy) is 1. The predicted molar refractivity (Wildman–Crippen MR) is 128 cm³/mol. The van der Waals surface area contributed by atoms with Gasteiger partial charge in [-0.2, -0.15) is 13.2 Å². The molecule has 3 aliphatic rings. The summed E-state index contributed by atoms with van der Waals surface area (Å²) in [6.45, 7) is 1.83. The summed E-state index contributed by atoms with van der Waals surface area (Å²) in [6.07, 6.45) is -3.51. The maximum atomic E-state index is 15.2. The van der Waals surface area contributed by atoms with Crippen LogP contribution in [0.2, 0.25) is 5.02 Å². The molecule has 6 rings (SSSR count). The van der Waals surface area contributed by atoms with E-state index in [-0.39, 0.29) is 29.7 Å². The molecule has 1 unspecified atom stereocenters. The zero-order chi connectivity index (χ0) is 27.9. The number of hydrogen-bond acceptors (Lipinski definition) is 5. The third-order valence-electron chi connectivity index (χ3n) is 7.28. The fraction of sp³-hybridized carbons (Fsp3) is 0.400. The van der Waals surface area contributed by atoms with Crippen molar-refractivity contribution in [1.29, 1.82) is 0 Å². The SMILES string of the molecule is O=C(NC(C1CC1)C(F)(F)F)c1cn(-c2c(F)cc(F)cc2Cl)c2nc(N3CC4(COC4)C3)c(F)cc2c1=O. The molecule has 2 aliphatic heterocycles. The zero-order valence-corrected chi connectivity index (χ0v) is 20.7. The Labute approximate surface area is 221 Å². The largest absolute Gasteiger partial charge is 0.408 e. The second-order valence-corrected chi connectivity index (χ2v) is 10.7. The Balaban J connectivity index is 1.51. The summed E-state index contributed by atoms with van der Waals surface area (Å²) in [4.78, 5) is 32.1.